The summed E-state index contributed by atoms with van der Waals surface area (Å²) in [5, 5.41) is 0. The Labute approximate surface area is 129 Å². The number of rotatable bonds is 5. The van der Waals surface area contributed by atoms with Crippen molar-refractivity contribution in [3.8, 4) is 23.4 Å². The molecule has 0 saturated heterocycles. The summed E-state index contributed by atoms with van der Waals surface area (Å²) in [6.45, 7) is 3.61. The van der Waals surface area contributed by atoms with Crippen molar-refractivity contribution in [3.63, 3.8) is 0 Å². The predicted octanol–water partition coefficient (Wildman–Crippen LogP) is 2.19. The number of nitrogens with zero attached hydrogens (tertiary/aromatic N) is 2. The SMILES string of the molecule is COc1ncc(C)c(OCCc2ccc3c(c2)OCCO3)n1. The third-order valence-electron chi connectivity index (χ3n) is 3.32. The van der Waals surface area contributed by atoms with Gasteiger partial charge in [-0.25, -0.2) is 4.98 Å². The van der Waals surface area contributed by atoms with E-state index in [1.165, 1.54) is 7.11 Å². The second kappa shape index (κ2) is 6.51. The molecule has 0 spiro atoms. The maximum atomic E-state index is 5.72. The quantitative estimate of drug-likeness (QED) is 0.843. The Morgan fingerprint density at radius 2 is 2.00 bits per heavy atom. The van der Waals surface area contributed by atoms with E-state index in [1.807, 2.05) is 25.1 Å². The first-order valence-corrected chi connectivity index (χ1v) is 7.15. The van der Waals surface area contributed by atoms with Crippen LogP contribution in [0.4, 0.5) is 0 Å². The fourth-order valence-electron chi connectivity index (χ4n) is 2.16. The van der Waals surface area contributed by atoms with Gasteiger partial charge in [0.25, 0.3) is 0 Å². The highest BCUT2D eigenvalue weighted by atomic mass is 16.6. The topological polar surface area (TPSA) is 62.7 Å². The average Bonchev–Trinajstić information content (AvgIpc) is 2.56. The van der Waals surface area contributed by atoms with Crippen molar-refractivity contribution in [2.24, 2.45) is 0 Å². The zero-order valence-electron chi connectivity index (χ0n) is 12.7. The number of ether oxygens (including phenoxy) is 4. The minimum Gasteiger partial charge on any atom is -0.486 e. The van der Waals surface area contributed by atoms with E-state index >= 15 is 0 Å². The van der Waals surface area contributed by atoms with Crippen LogP contribution in [0.5, 0.6) is 23.4 Å². The van der Waals surface area contributed by atoms with Crippen molar-refractivity contribution in [1.29, 1.82) is 0 Å². The Morgan fingerprint density at radius 1 is 1.18 bits per heavy atom. The third kappa shape index (κ3) is 3.21. The molecule has 22 heavy (non-hydrogen) atoms. The minimum atomic E-state index is 0.305. The maximum Gasteiger partial charge on any atom is 0.319 e. The molecule has 6 nitrogen and oxygen atoms in total. The molecule has 0 aliphatic carbocycles. The zero-order chi connectivity index (χ0) is 15.4. The third-order valence-corrected chi connectivity index (χ3v) is 3.32. The highest BCUT2D eigenvalue weighted by molar-refractivity contribution is 5.43. The van der Waals surface area contributed by atoms with Gasteiger partial charge in [0, 0.05) is 18.2 Å². The number of hydrogen-bond acceptors (Lipinski definition) is 6. The Balaban J connectivity index is 1.61. The summed E-state index contributed by atoms with van der Waals surface area (Å²) in [5.41, 5.74) is 2.01. The first kappa shape index (κ1) is 14.4. The molecule has 0 atom stereocenters. The molecular weight excluding hydrogens is 284 g/mol. The van der Waals surface area contributed by atoms with Crippen LogP contribution in [0, 0.1) is 6.92 Å². The molecule has 0 radical (unpaired) electrons. The number of benzene rings is 1. The van der Waals surface area contributed by atoms with Gasteiger partial charge in [-0.1, -0.05) is 6.07 Å². The van der Waals surface area contributed by atoms with Crippen LogP contribution in [0.3, 0.4) is 0 Å². The van der Waals surface area contributed by atoms with E-state index in [-0.39, 0.29) is 0 Å². The lowest BCUT2D eigenvalue weighted by atomic mass is 10.1. The fourth-order valence-corrected chi connectivity index (χ4v) is 2.16. The first-order chi connectivity index (χ1) is 10.8. The summed E-state index contributed by atoms with van der Waals surface area (Å²) in [7, 11) is 1.53. The molecule has 1 aliphatic rings. The van der Waals surface area contributed by atoms with E-state index in [1.54, 1.807) is 6.20 Å². The van der Waals surface area contributed by atoms with Crippen molar-refractivity contribution >= 4 is 0 Å². The Bertz CT molecular complexity index is 661. The fraction of sp³-hybridized carbons (Fsp3) is 0.375. The lowest BCUT2D eigenvalue weighted by Crippen LogP contribution is -2.15. The van der Waals surface area contributed by atoms with Crippen LogP contribution < -0.4 is 18.9 Å². The number of hydrogen-bond donors (Lipinski definition) is 0. The Hall–Kier alpha value is -2.50. The normalized spacial score (nSPS) is 12.8. The van der Waals surface area contributed by atoms with Gasteiger partial charge in [-0.2, -0.15) is 4.98 Å². The van der Waals surface area contributed by atoms with Crippen molar-refractivity contribution in [2.45, 2.75) is 13.3 Å². The first-order valence-electron chi connectivity index (χ1n) is 7.15. The van der Waals surface area contributed by atoms with Gasteiger partial charge in [0.2, 0.25) is 5.88 Å². The molecule has 0 amide bonds. The smallest absolute Gasteiger partial charge is 0.319 e. The lowest BCUT2D eigenvalue weighted by molar-refractivity contribution is 0.171. The molecule has 1 aromatic carbocycles. The molecule has 2 aromatic rings. The highest BCUT2D eigenvalue weighted by Gasteiger charge is 2.12. The van der Waals surface area contributed by atoms with E-state index in [2.05, 4.69) is 9.97 Å². The summed E-state index contributed by atoms with van der Waals surface area (Å²) in [6, 6.07) is 6.25. The summed E-state index contributed by atoms with van der Waals surface area (Å²) in [4.78, 5) is 8.22. The molecule has 0 N–H and O–H groups in total. The van der Waals surface area contributed by atoms with Crippen LogP contribution in [0.25, 0.3) is 0 Å². The monoisotopic (exact) mass is 302 g/mol. The van der Waals surface area contributed by atoms with Gasteiger partial charge in [-0.3, -0.25) is 0 Å². The van der Waals surface area contributed by atoms with Crippen molar-refractivity contribution in [1.82, 2.24) is 9.97 Å². The van der Waals surface area contributed by atoms with E-state index in [4.69, 9.17) is 18.9 Å². The molecule has 0 bridgehead atoms. The second-order valence-electron chi connectivity index (χ2n) is 4.92. The average molecular weight is 302 g/mol. The molecule has 0 unspecified atom stereocenters. The summed E-state index contributed by atoms with van der Waals surface area (Å²) in [5.74, 6) is 2.14. The van der Waals surface area contributed by atoms with Crippen LogP contribution >= 0.6 is 0 Å². The van der Waals surface area contributed by atoms with Gasteiger partial charge in [0.05, 0.1) is 13.7 Å². The van der Waals surface area contributed by atoms with Gasteiger partial charge >= 0.3 is 6.01 Å². The van der Waals surface area contributed by atoms with Crippen molar-refractivity contribution < 1.29 is 18.9 Å². The molecule has 6 heteroatoms. The van der Waals surface area contributed by atoms with Crippen LogP contribution in [0.1, 0.15) is 11.1 Å². The van der Waals surface area contributed by atoms with Crippen LogP contribution in [0.2, 0.25) is 0 Å². The summed E-state index contributed by atoms with van der Waals surface area (Å²) >= 11 is 0. The van der Waals surface area contributed by atoms with Crippen LogP contribution in [0.15, 0.2) is 24.4 Å². The standard InChI is InChI=1S/C16H18N2O4/c1-11-10-17-16(19-2)18-15(11)22-6-5-12-3-4-13-14(9-12)21-8-7-20-13/h3-4,9-10H,5-8H2,1-2H3. The zero-order valence-corrected chi connectivity index (χ0v) is 12.7. The van der Waals surface area contributed by atoms with Crippen molar-refractivity contribution in [2.75, 3.05) is 26.9 Å². The predicted molar refractivity (Wildman–Crippen MR) is 80.0 cm³/mol. The molecule has 1 aromatic heterocycles. The highest BCUT2D eigenvalue weighted by Crippen LogP contribution is 2.30. The number of aryl methyl sites for hydroxylation is 1. The van der Waals surface area contributed by atoms with Gasteiger partial charge in [-0.05, 0) is 24.6 Å². The van der Waals surface area contributed by atoms with E-state index in [9.17, 15) is 0 Å². The van der Waals surface area contributed by atoms with E-state index in [0.717, 1.165) is 29.0 Å². The summed E-state index contributed by atoms with van der Waals surface area (Å²) in [6.07, 6.45) is 2.44. The van der Waals surface area contributed by atoms with Gasteiger partial charge in [-0.15, -0.1) is 0 Å². The number of fused-ring (bicyclic) bond motifs is 1. The van der Waals surface area contributed by atoms with Gasteiger partial charge < -0.3 is 18.9 Å². The lowest BCUT2D eigenvalue weighted by Gasteiger charge is -2.18. The molecule has 116 valence electrons. The Kier molecular flexibility index (Phi) is 4.27. The molecule has 3 rings (SSSR count). The minimum absolute atomic E-state index is 0.305. The van der Waals surface area contributed by atoms with E-state index < -0.39 is 0 Å². The molecule has 0 saturated carbocycles. The Morgan fingerprint density at radius 3 is 2.82 bits per heavy atom. The molecule has 1 aliphatic heterocycles. The second-order valence-corrected chi connectivity index (χ2v) is 4.92. The molecule has 2 heterocycles. The van der Waals surface area contributed by atoms with Gasteiger partial charge in [0.15, 0.2) is 11.5 Å². The van der Waals surface area contributed by atoms with Gasteiger partial charge in [0.1, 0.15) is 13.2 Å². The molecular formula is C16H18N2O4. The summed E-state index contributed by atoms with van der Waals surface area (Å²) < 4.78 is 21.8. The molecule has 0 fully saturated rings. The maximum absolute atomic E-state index is 5.72. The van der Waals surface area contributed by atoms with Crippen LogP contribution in [-0.2, 0) is 6.42 Å². The van der Waals surface area contributed by atoms with Crippen molar-refractivity contribution in [3.05, 3.63) is 35.5 Å². The number of aromatic nitrogens is 2. The largest absolute Gasteiger partial charge is 0.486 e. The van der Waals surface area contributed by atoms with E-state index in [0.29, 0.717) is 31.7 Å². The number of methoxy groups -OCH3 is 1. The van der Waals surface area contributed by atoms with Crippen LogP contribution in [-0.4, -0.2) is 36.9 Å².